The molecule has 0 saturated heterocycles. The maximum atomic E-state index is 11.5. The van der Waals surface area contributed by atoms with Gasteiger partial charge in [0.15, 0.2) is 5.78 Å². The maximum absolute atomic E-state index is 11.5. The van der Waals surface area contributed by atoms with Gasteiger partial charge in [0.25, 0.3) is 0 Å². The van der Waals surface area contributed by atoms with Gasteiger partial charge >= 0.3 is 0 Å². The first-order valence-corrected chi connectivity index (χ1v) is 7.23. The van der Waals surface area contributed by atoms with Crippen LogP contribution >= 0.6 is 15.9 Å². The van der Waals surface area contributed by atoms with Crippen molar-refractivity contribution in [2.45, 2.75) is 20.3 Å². The maximum Gasteiger partial charge on any atom is 0.231 e. The molecule has 1 rings (SSSR count). The zero-order valence-electron chi connectivity index (χ0n) is 11.1. The molecule has 1 aromatic rings. The molecule has 0 aliphatic carbocycles. The predicted octanol–water partition coefficient (Wildman–Crippen LogP) is 3.01. The van der Waals surface area contributed by atoms with Gasteiger partial charge in [-0.15, -0.1) is 0 Å². The number of ether oxygens (including phenoxy) is 1. The number of ketones is 1. The molecule has 0 radical (unpaired) electrons. The van der Waals surface area contributed by atoms with Crippen LogP contribution in [0.1, 0.15) is 20.3 Å². The molecule has 1 aromatic carbocycles. The summed E-state index contributed by atoms with van der Waals surface area (Å²) in [5.74, 6) is 0.785. The van der Waals surface area contributed by atoms with Crippen molar-refractivity contribution in [3.05, 3.63) is 24.3 Å². The molecular formula is C14H18BrNO3. The predicted molar refractivity (Wildman–Crippen MR) is 78.8 cm³/mol. The van der Waals surface area contributed by atoms with E-state index in [0.29, 0.717) is 18.2 Å². The number of carbonyl (C=O) groups is 2. The molecule has 5 heteroatoms. The third-order valence-corrected chi connectivity index (χ3v) is 2.85. The Morgan fingerprint density at radius 1 is 1.26 bits per heavy atom. The first-order valence-electron chi connectivity index (χ1n) is 6.11. The van der Waals surface area contributed by atoms with E-state index in [9.17, 15) is 9.59 Å². The Labute approximate surface area is 121 Å². The van der Waals surface area contributed by atoms with E-state index in [-0.39, 0.29) is 23.4 Å². The molecule has 0 aliphatic heterocycles. The number of hydrogen-bond donors (Lipinski definition) is 1. The quantitative estimate of drug-likeness (QED) is 0.618. The summed E-state index contributed by atoms with van der Waals surface area (Å²) in [7, 11) is 0. The highest BCUT2D eigenvalue weighted by Crippen LogP contribution is 2.16. The largest absolute Gasteiger partial charge is 0.493 e. The average Bonchev–Trinajstić information content (AvgIpc) is 2.37. The van der Waals surface area contributed by atoms with Crippen molar-refractivity contribution in [1.82, 2.24) is 0 Å². The summed E-state index contributed by atoms with van der Waals surface area (Å²) in [5, 5.41) is 2.86. The summed E-state index contributed by atoms with van der Waals surface area (Å²) >= 11 is 3.02. The second-order valence-electron chi connectivity index (χ2n) is 4.63. The van der Waals surface area contributed by atoms with Crippen LogP contribution in [-0.2, 0) is 9.59 Å². The van der Waals surface area contributed by atoms with Crippen LogP contribution in [0.3, 0.4) is 0 Å². The molecule has 0 spiro atoms. The van der Waals surface area contributed by atoms with Crippen LogP contribution in [0.4, 0.5) is 5.69 Å². The molecule has 0 heterocycles. The fourth-order valence-corrected chi connectivity index (χ4v) is 1.53. The van der Waals surface area contributed by atoms with Crippen molar-refractivity contribution < 1.29 is 14.3 Å². The number of halogens is 1. The fraction of sp³-hybridized carbons (Fsp3) is 0.429. The van der Waals surface area contributed by atoms with Crippen molar-refractivity contribution >= 4 is 33.3 Å². The highest BCUT2D eigenvalue weighted by Gasteiger charge is 2.08. The molecule has 0 unspecified atom stereocenters. The molecule has 0 saturated carbocycles. The summed E-state index contributed by atoms with van der Waals surface area (Å²) in [6, 6.07) is 7.10. The third kappa shape index (κ3) is 6.38. The Hall–Kier alpha value is -1.36. The molecule has 0 atom stereocenters. The van der Waals surface area contributed by atoms with Gasteiger partial charge in [0, 0.05) is 5.69 Å². The van der Waals surface area contributed by atoms with E-state index >= 15 is 0 Å². The Morgan fingerprint density at radius 2 is 1.89 bits per heavy atom. The molecule has 104 valence electrons. The summed E-state index contributed by atoms with van der Waals surface area (Å²) in [4.78, 5) is 22.6. The van der Waals surface area contributed by atoms with Gasteiger partial charge in [-0.25, -0.2) is 0 Å². The SMILES string of the molecule is CC(C)COc1ccc(NC(=O)CC(=O)CBr)cc1. The van der Waals surface area contributed by atoms with Crippen molar-refractivity contribution in [2.24, 2.45) is 5.92 Å². The van der Waals surface area contributed by atoms with Crippen molar-refractivity contribution in [3.63, 3.8) is 0 Å². The molecule has 1 amide bonds. The number of benzene rings is 1. The number of nitrogens with one attached hydrogen (secondary N) is 1. The van der Waals surface area contributed by atoms with Gasteiger partial charge in [-0.3, -0.25) is 9.59 Å². The summed E-state index contributed by atoms with van der Waals surface area (Å²) in [6.45, 7) is 4.82. The number of anilines is 1. The lowest BCUT2D eigenvalue weighted by atomic mass is 10.2. The Morgan fingerprint density at radius 3 is 2.42 bits per heavy atom. The minimum absolute atomic E-state index is 0.114. The van der Waals surface area contributed by atoms with E-state index in [2.05, 4.69) is 35.1 Å². The standard InChI is InChI=1S/C14H18BrNO3/c1-10(2)9-19-13-5-3-11(4-6-13)16-14(18)7-12(17)8-15/h3-6,10H,7-9H2,1-2H3,(H,16,18). The van der Waals surface area contributed by atoms with Crippen molar-refractivity contribution in [3.8, 4) is 5.75 Å². The fourth-order valence-electron chi connectivity index (χ4n) is 1.33. The van der Waals surface area contributed by atoms with Gasteiger partial charge in [-0.2, -0.15) is 0 Å². The van der Waals surface area contributed by atoms with Crippen LogP contribution in [0, 0.1) is 5.92 Å². The number of alkyl halides is 1. The number of carbonyl (C=O) groups excluding carboxylic acids is 2. The first-order chi connectivity index (χ1) is 9.01. The summed E-state index contributed by atoms with van der Waals surface area (Å²) in [5.41, 5.74) is 0.657. The molecule has 1 N–H and O–H groups in total. The van der Waals surface area contributed by atoms with Gasteiger partial charge in [-0.1, -0.05) is 29.8 Å². The monoisotopic (exact) mass is 327 g/mol. The Bertz CT molecular complexity index is 429. The summed E-state index contributed by atoms with van der Waals surface area (Å²) in [6.07, 6.45) is -0.114. The Kier molecular flexibility index (Phi) is 6.56. The first kappa shape index (κ1) is 15.7. The van der Waals surface area contributed by atoms with Crippen LogP contribution in [-0.4, -0.2) is 23.6 Å². The van der Waals surface area contributed by atoms with Gasteiger partial charge in [0.1, 0.15) is 5.75 Å². The average molecular weight is 328 g/mol. The van der Waals surface area contributed by atoms with E-state index in [1.165, 1.54) is 0 Å². The van der Waals surface area contributed by atoms with Gasteiger partial charge in [0.05, 0.1) is 18.4 Å². The van der Waals surface area contributed by atoms with E-state index < -0.39 is 0 Å². The van der Waals surface area contributed by atoms with Gasteiger partial charge in [-0.05, 0) is 30.2 Å². The highest BCUT2D eigenvalue weighted by molar-refractivity contribution is 9.09. The van der Waals surface area contributed by atoms with Crippen LogP contribution in [0.2, 0.25) is 0 Å². The van der Waals surface area contributed by atoms with Gasteiger partial charge in [0.2, 0.25) is 5.91 Å². The van der Waals surface area contributed by atoms with E-state index in [4.69, 9.17) is 4.74 Å². The minimum Gasteiger partial charge on any atom is -0.493 e. The van der Waals surface area contributed by atoms with Gasteiger partial charge < -0.3 is 10.1 Å². The van der Waals surface area contributed by atoms with Crippen LogP contribution in [0.15, 0.2) is 24.3 Å². The number of rotatable bonds is 7. The van der Waals surface area contributed by atoms with Crippen molar-refractivity contribution in [2.75, 3.05) is 17.3 Å². The van der Waals surface area contributed by atoms with Crippen molar-refractivity contribution in [1.29, 1.82) is 0 Å². The zero-order chi connectivity index (χ0) is 14.3. The Balaban J connectivity index is 2.47. The van der Waals surface area contributed by atoms with E-state index in [1.807, 2.05) is 0 Å². The second kappa shape index (κ2) is 7.94. The minimum atomic E-state index is -0.305. The molecular weight excluding hydrogens is 310 g/mol. The number of amides is 1. The van der Waals surface area contributed by atoms with E-state index in [0.717, 1.165) is 5.75 Å². The van der Waals surface area contributed by atoms with Crippen LogP contribution < -0.4 is 10.1 Å². The van der Waals surface area contributed by atoms with E-state index in [1.54, 1.807) is 24.3 Å². The highest BCUT2D eigenvalue weighted by atomic mass is 79.9. The smallest absolute Gasteiger partial charge is 0.231 e. The molecule has 19 heavy (non-hydrogen) atoms. The normalized spacial score (nSPS) is 10.3. The molecule has 0 fully saturated rings. The molecule has 4 nitrogen and oxygen atoms in total. The lowest BCUT2D eigenvalue weighted by Crippen LogP contribution is -2.16. The molecule has 0 bridgehead atoms. The van der Waals surface area contributed by atoms with Crippen LogP contribution in [0.25, 0.3) is 0 Å². The molecule has 0 aliphatic rings. The summed E-state index contributed by atoms with van der Waals surface area (Å²) < 4.78 is 5.54. The molecule has 0 aromatic heterocycles. The van der Waals surface area contributed by atoms with Crippen LogP contribution in [0.5, 0.6) is 5.75 Å². The lowest BCUT2D eigenvalue weighted by molar-refractivity contribution is -0.123. The second-order valence-corrected chi connectivity index (χ2v) is 5.19. The lowest BCUT2D eigenvalue weighted by Gasteiger charge is -2.09. The number of Topliss-reactive ketones (excluding diaryl/α,β-unsaturated/α-hetero) is 1. The topological polar surface area (TPSA) is 55.4 Å². The third-order valence-electron chi connectivity index (χ3n) is 2.23. The zero-order valence-corrected chi connectivity index (χ0v) is 12.7. The number of hydrogen-bond acceptors (Lipinski definition) is 3.